The Bertz CT molecular complexity index is 309. The van der Waals surface area contributed by atoms with E-state index in [1.165, 1.54) is 6.07 Å². The lowest BCUT2D eigenvalue weighted by atomic mass is 10.1. The monoisotopic (exact) mass is 251 g/mol. The van der Waals surface area contributed by atoms with Crippen molar-refractivity contribution in [2.24, 2.45) is 0 Å². The van der Waals surface area contributed by atoms with Crippen molar-refractivity contribution in [3.63, 3.8) is 0 Å². The molecule has 1 atom stereocenters. The zero-order chi connectivity index (χ0) is 9.97. The molecule has 84 valence electrons. The normalized spacial score (nSPS) is 20.8. The average molecular weight is 252 g/mol. The third-order valence-electron chi connectivity index (χ3n) is 2.27. The van der Waals surface area contributed by atoms with Crippen LogP contribution in [0.15, 0.2) is 18.2 Å². The van der Waals surface area contributed by atoms with E-state index in [9.17, 15) is 4.39 Å². The highest BCUT2D eigenvalue weighted by Gasteiger charge is 2.20. The summed E-state index contributed by atoms with van der Waals surface area (Å²) in [6, 6.07) is 4.58. The maximum atomic E-state index is 13.5. The predicted molar refractivity (Wildman–Crippen MR) is 60.2 cm³/mol. The van der Waals surface area contributed by atoms with Crippen LogP contribution in [0, 0.1) is 5.82 Å². The van der Waals surface area contributed by atoms with E-state index in [0.717, 1.165) is 6.54 Å². The standard InChI is InChI=1S/C10H11ClFNO.ClH/c11-7-2-1-3-8(12)10(7)9-6-14-5-4-13-9;/h1-3,9,13H,4-6H2;1H/t9-;/m1./s1. The summed E-state index contributed by atoms with van der Waals surface area (Å²) in [4.78, 5) is 0. The van der Waals surface area contributed by atoms with Crippen LogP contribution in [0.5, 0.6) is 0 Å². The van der Waals surface area contributed by atoms with Crippen molar-refractivity contribution in [1.82, 2.24) is 5.32 Å². The van der Waals surface area contributed by atoms with E-state index in [4.69, 9.17) is 16.3 Å². The molecule has 0 saturated carbocycles. The fraction of sp³-hybridized carbons (Fsp3) is 0.400. The van der Waals surface area contributed by atoms with Gasteiger partial charge in [0.2, 0.25) is 0 Å². The SMILES string of the molecule is Cl.Fc1cccc(Cl)c1[C@H]1COCCN1. The molecule has 0 aliphatic carbocycles. The molecule has 1 aliphatic heterocycles. The van der Waals surface area contributed by atoms with E-state index in [0.29, 0.717) is 23.8 Å². The van der Waals surface area contributed by atoms with Crippen LogP contribution < -0.4 is 5.32 Å². The van der Waals surface area contributed by atoms with Gasteiger partial charge in [-0.25, -0.2) is 4.39 Å². The molecule has 1 saturated heterocycles. The molecule has 1 fully saturated rings. The van der Waals surface area contributed by atoms with E-state index in [1.54, 1.807) is 12.1 Å². The summed E-state index contributed by atoms with van der Waals surface area (Å²) in [5, 5.41) is 3.62. The van der Waals surface area contributed by atoms with Gasteiger partial charge in [-0.1, -0.05) is 17.7 Å². The van der Waals surface area contributed by atoms with Gasteiger partial charge in [0.15, 0.2) is 0 Å². The van der Waals surface area contributed by atoms with Crippen molar-refractivity contribution in [3.05, 3.63) is 34.6 Å². The number of benzene rings is 1. The van der Waals surface area contributed by atoms with E-state index >= 15 is 0 Å². The molecule has 2 rings (SSSR count). The molecular weight excluding hydrogens is 240 g/mol. The molecule has 1 N–H and O–H groups in total. The fourth-order valence-corrected chi connectivity index (χ4v) is 1.89. The second-order valence-electron chi connectivity index (χ2n) is 3.22. The minimum atomic E-state index is -0.277. The first-order valence-electron chi connectivity index (χ1n) is 4.54. The highest BCUT2D eigenvalue weighted by atomic mass is 35.5. The Hall–Kier alpha value is -0.350. The summed E-state index contributed by atoms with van der Waals surface area (Å²) in [5.74, 6) is -0.277. The van der Waals surface area contributed by atoms with Crippen molar-refractivity contribution < 1.29 is 9.13 Å². The highest BCUT2D eigenvalue weighted by molar-refractivity contribution is 6.31. The van der Waals surface area contributed by atoms with E-state index in [2.05, 4.69) is 5.32 Å². The topological polar surface area (TPSA) is 21.3 Å². The zero-order valence-electron chi connectivity index (χ0n) is 8.00. The maximum Gasteiger partial charge on any atom is 0.129 e. The van der Waals surface area contributed by atoms with Crippen molar-refractivity contribution in [2.75, 3.05) is 19.8 Å². The Balaban J connectivity index is 0.00000112. The summed E-state index contributed by atoms with van der Waals surface area (Å²) in [5.41, 5.74) is 0.508. The molecule has 1 heterocycles. The lowest BCUT2D eigenvalue weighted by molar-refractivity contribution is 0.0758. The Morgan fingerprint density at radius 2 is 2.27 bits per heavy atom. The van der Waals surface area contributed by atoms with Gasteiger partial charge in [-0.05, 0) is 12.1 Å². The molecule has 15 heavy (non-hydrogen) atoms. The van der Waals surface area contributed by atoms with Gasteiger partial charge in [-0.3, -0.25) is 0 Å². The second kappa shape index (κ2) is 5.66. The number of hydrogen-bond donors (Lipinski definition) is 1. The zero-order valence-corrected chi connectivity index (χ0v) is 9.58. The Kier molecular flexibility index (Phi) is 4.80. The van der Waals surface area contributed by atoms with Crippen LogP contribution in [-0.2, 0) is 4.74 Å². The Labute approximate surface area is 99.2 Å². The van der Waals surface area contributed by atoms with Crippen molar-refractivity contribution in [3.8, 4) is 0 Å². The number of hydrogen-bond acceptors (Lipinski definition) is 2. The summed E-state index contributed by atoms with van der Waals surface area (Å²) in [6.07, 6.45) is 0. The summed E-state index contributed by atoms with van der Waals surface area (Å²) < 4.78 is 18.7. The second-order valence-corrected chi connectivity index (χ2v) is 3.62. The smallest absolute Gasteiger partial charge is 0.129 e. The van der Waals surface area contributed by atoms with E-state index < -0.39 is 0 Å². The van der Waals surface area contributed by atoms with E-state index in [1.807, 2.05) is 0 Å². The van der Waals surface area contributed by atoms with Gasteiger partial charge < -0.3 is 10.1 Å². The Morgan fingerprint density at radius 3 is 2.87 bits per heavy atom. The maximum absolute atomic E-state index is 13.5. The molecule has 0 unspecified atom stereocenters. The van der Waals surface area contributed by atoms with Crippen LogP contribution in [0.2, 0.25) is 5.02 Å². The van der Waals surface area contributed by atoms with Crippen LogP contribution in [0.4, 0.5) is 4.39 Å². The number of halogens is 3. The van der Waals surface area contributed by atoms with Crippen molar-refractivity contribution >= 4 is 24.0 Å². The predicted octanol–water partition coefficient (Wildman–Crippen LogP) is 2.56. The molecule has 0 bridgehead atoms. The largest absolute Gasteiger partial charge is 0.378 e. The third kappa shape index (κ3) is 2.82. The van der Waals surface area contributed by atoms with Crippen molar-refractivity contribution in [2.45, 2.75) is 6.04 Å². The molecule has 0 amide bonds. The van der Waals surface area contributed by atoms with Gasteiger partial charge >= 0.3 is 0 Å². The number of rotatable bonds is 1. The van der Waals surface area contributed by atoms with Crippen LogP contribution >= 0.6 is 24.0 Å². The molecular formula is C10H12Cl2FNO. The summed E-state index contributed by atoms with van der Waals surface area (Å²) in [6.45, 7) is 1.87. The highest BCUT2D eigenvalue weighted by Crippen LogP contribution is 2.26. The lowest BCUT2D eigenvalue weighted by Gasteiger charge is -2.25. The molecule has 1 aliphatic rings. The molecule has 1 aromatic rings. The molecule has 5 heteroatoms. The molecule has 1 aromatic carbocycles. The van der Waals surface area contributed by atoms with Crippen molar-refractivity contribution in [1.29, 1.82) is 0 Å². The quantitative estimate of drug-likeness (QED) is 0.829. The summed E-state index contributed by atoms with van der Waals surface area (Å²) in [7, 11) is 0. The summed E-state index contributed by atoms with van der Waals surface area (Å²) >= 11 is 5.93. The van der Waals surface area contributed by atoms with E-state index in [-0.39, 0.29) is 24.3 Å². The first-order chi connectivity index (χ1) is 6.79. The molecule has 0 spiro atoms. The van der Waals surface area contributed by atoms with Gasteiger partial charge in [-0.2, -0.15) is 0 Å². The minimum Gasteiger partial charge on any atom is -0.378 e. The van der Waals surface area contributed by atoms with Gasteiger partial charge in [0.25, 0.3) is 0 Å². The van der Waals surface area contributed by atoms with Crippen LogP contribution in [-0.4, -0.2) is 19.8 Å². The first-order valence-corrected chi connectivity index (χ1v) is 4.92. The number of ether oxygens (including phenoxy) is 1. The van der Waals surface area contributed by atoms with Gasteiger partial charge in [-0.15, -0.1) is 12.4 Å². The molecule has 2 nitrogen and oxygen atoms in total. The van der Waals surface area contributed by atoms with Gasteiger partial charge in [0.1, 0.15) is 5.82 Å². The fourth-order valence-electron chi connectivity index (χ4n) is 1.59. The van der Waals surface area contributed by atoms with Crippen LogP contribution in [0.1, 0.15) is 11.6 Å². The average Bonchev–Trinajstić information content (AvgIpc) is 2.19. The number of morpholine rings is 1. The third-order valence-corrected chi connectivity index (χ3v) is 2.60. The minimum absolute atomic E-state index is 0. The lowest BCUT2D eigenvalue weighted by Crippen LogP contribution is -2.35. The van der Waals surface area contributed by atoms with Crippen LogP contribution in [0.3, 0.4) is 0 Å². The van der Waals surface area contributed by atoms with Gasteiger partial charge in [0, 0.05) is 17.1 Å². The number of nitrogens with one attached hydrogen (secondary N) is 1. The molecule has 0 radical (unpaired) electrons. The molecule has 0 aromatic heterocycles. The van der Waals surface area contributed by atoms with Gasteiger partial charge in [0.05, 0.1) is 19.3 Å². The van der Waals surface area contributed by atoms with Crippen LogP contribution in [0.25, 0.3) is 0 Å². The Morgan fingerprint density at radius 1 is 1.47 bits per heavy atom. The first kappa shape index (κ1) is 12.7.